The van der Waals surface area contributed by atoms with Crippen molar-refractivity contribution in [2.24, 2.45) is 11.7 Å². The quantitative estimate of drug-likeness (QED) is 0.838. The number of nitrogens with zero attached hydrogens (tertiary/aromatic N) is 1. The Bertz CT molecular complexity index is 533. The normalized spacial score (nSPS) is 16.1. The Morgan fingerprint density at radius 3 is 2.20 bits per heavy atom. The van der Waals surface area contributed by atoms with E-state index in [2.05, 4.69) is 0 Å². The smallest absolute Gasteiger partial charge is 0.218 e. The summed E-state index contributed by atoms with van der Waals surface area (Å²) in [6.07, 6.45) is 2.31. The van der Waals surface area contributed by atoms with Crippen LogP contribution in [0.1, 0.15) is 37.8 Å². The first-order valence-electron chi connectivity index (χ1n) is 7.20. The summed E-state index contributed by atoms with van der Waals surface area (Å²) in [5.74, 6) is 0.634. The molecule has 0 aliphatic heterocycles. The highest BCUT2D eigenvalue weighted by Gasteiger charge is 2.32. The van der Waals surface area contributed by atoms with Gasteiger partial charge in [0.05, 0.1) is 5.75 Å². The molecule has 0 spiro atoms. The highest BCUT2D eigenvalue weighted by Crippen LogP contribution is 2.31. The lowest BCUT2D eigenvalue weighted by molar-refractivity contribution is 0.341. The van der Waals surface area contributed by atoms with Gasteiger partial charge in [-0.2, -0.15) is 4.31 Å². The van der Waals surface area contributed by atoms with E-state index in [9.17, 15) is 8.42 Å². The van der Waals surface area contributed by atoms with Crippen LogP contribution in [0.2, 0.25) is 0 Å². The fraction of sp³-hybridized carbons (Fsp3) is 0.600. The molecule has 20 heavy (non-hydrogen) atoms. The van der Waals surface area contributed by atoms with Gasteiger partial charge in [0, 0.05) is 19.1 Å². The Morgan fingerprint density at radius 2 is 1.75 bits per heavy atom. The van der Waals surface area contributed by atoms with Crippen molar-refractivity contribution in [3.8, 4) is 0 Å². The molecule has 1 saturated carbocycles. The maximum Gasteiger partial charge on any atom is 0.218 e. The predicted octanol–water partition coefficient (Wildman–Crippen LogP) is 2.10. The molecule has 0 amide bonds. The molecule has 0 unspecified atom stereocenters. The fourth-order valence-electron chi connectivity index (χ4n) is 2.27. The first-order chi connectivity index (χ1) is 9.42. The van der Waals surface area contributed by atoms with Gasteiger partial charge in [-0.1, -0.05) is 24.3 Å². The maximum absolute atomic E-state index is 12.6. The number of rotatable bonds is 7. The minimum Gasteiger partial charge on any atom is -0.326 e. The summed E-state index contributed by atoms with van der Waals surface area (Å²) in [5.41, 5.74) is 7.39. The summed E-state index contributed by atoms with van der Waals surface area (Å²) >= 11 is 0. The molecule has 0 bridgehead atoms. The second-order valence-corrected chi connectivity index (χ2v) is 7.81. The van der Waals surface area contributed by atoms with Gasteiger partial charge < -0.3 is 5.73 Å². The third kappa shape index (κ3) is 4.04. The molecule has 5 heteroatoms. The molecule has 0 saturated heterocycles. The standard InChI is InChI=1S/C15H24N2O2S/c1-12(2)17(10-14-5-6-14)20(18,19)11-15-7-3-13(9-16)4-8-15/h3-4,7-8,12,14H,5-6,9-11,16H2,1-2H3. The van der Waals surface area contributed by atoms with Crippen LogP contribution in [0.3, 0.4) is 0 Å². The lowest BCUT2D eigenvalue weighted by Crippen LogP contribution is -2.39. The van der Waals surface area contributed by atoms with Crippen LogP contribution in [0.5, 0.6) is 0 Å². The van der Waals surface area contributed by atoms with Gasteiger partial charge in [-0.3, -0.25) is 0 Å². The number of benzene rings is 1. The minimum absolute atomic E-state index is 0.0175. The number of nitrogens with two attached hydrogens (primary N) is 1. The molecule has 1 aromatic rings. The largest absolute Gasteiger partial charge is 0.326 e. The van der Waals surface area contributed by atoms with Gasteiger partial charge in [0.15, 0.2) is 0 Å². The first kappa shape index (κ1) is 15.5. The Morgan fingerprint density at radius 1 is 1.20 bits per heavy atom. The summed E-state index contributed by atoms with van der Waals surface area (Å²) in [6, 6.07) is 7.52. The molecule has 112 valence electrons. The van der Waals surface area contributed by atoms with Crippen molar-refractivity contribution in [1.29, 1.82) is 0 Å². The van der Waals surface area contributed by atoms with Crippen molar-refractivity contribution in [2.45, 2.75) is 45.0 Å². The van der Waals surface area contributed by atoms with Crippen molar-refractivity contribution in [1.82, 2.24) is 4.31 Å². The van der Waals surface area contributed by atoms with Gasteiger partial charge >= 0.3 is 0 Å². The highest BCUT2D eigenvalue weighted by molar-refractivity contribution is 7.88. The molecule has 0 atom stereocenters. The monoisotopic (exact) mass is 296 g/mol. The molecule has 1 aliphatic carbocycles. The fourth-order valence-corrected chi connectivity index (χ4v) is 4.13. The molecule has 1 aliphatic rings. The van der Waals surface area contributed by atoms with Crippen LogP contribution in [0.15, 0.2) is 24.3 Å². The third-order valence-electron chi connectivity index (χ3n) is 3.68. The topological polar surface area (TPSA) is 63.4 Å². The Hall–Kier alpha value is -0.910. The molecule has 2 N–H and O–H groups in total. The SMILES string of the molecule is CC(C)N(CC1CC1)S(=O)(=O)Cc1ccc(CN)cc1. The van der Waals surface area contributed by atoms with E-state index in [0.29, 0.717) is 19.0 Å². The molecular formula is C15H24N2O2S. The van der Waals surface area contributed by atoms with Crippen molar-refractivity contribution in [3.05, 3.63) is 35.4 Å². The van der Waals surface area contributed by atoms with E-state index in [4.69, 9.17) is 5.73 Å². The Labute approximate surface area is 122 Å². The number of hydrogen-bond donors (Lipinski definition) is 1. The van der Waals surface area contributed by atoms with Crippen LogP contribution in [0, 0.1) is 5.92 Å². The summed E-state index contributed by atoms with van der Waals surface area (Å²) < 4.78 is 26.8. The van der Waals surface area contributed by atoms with Crippen molar-refractivity contribution < 1.29 is 8.42 Å². The van der Waals surface area contributed by atoms with Gasteiger partial charge in [0.25, 0.3) is 0 Å². The van der Waals surface area contributed by atoms with Crippen LogP contribution in [-0.2, 0) is 22.3 Å². The molecule has 1 aromatic carbocycles. The predicted molar refractivity (Wildman–Crippen MR) is 81.5 cm³/mol. The number of sulfonamides is 1. The van der Waals surface area contributed by atoms with Crippen LogP contribution in [0.4, 0.5) is 0 Å². The average molecular weight is 296 g/mol. The van der Waals surface area contributed by atoms with E-state index in [0.717, 1.165) is 24.0 Å². The van der Waals surface area contributed by atoms with Crippen molar-refractivity contribution >= 4 is 10.0 Å². The summed E-state index contributed by atoms with van der Waals surface area (Å²) in [5, 5.41) is 0. The van der Waals surface area contributed by atoms with Gasteiger partial charge in [0.1, 0.15) is 0 Å². The second kappa shape index (κ2) is 6.24. The third-order valence-corrected chi connectivity index (χ3v) is 5.66. The molecule has 0 radical (unpaired) electrons. The van der Waals surface area contributed by atoms with Crippen LogP contribution >= 0.6 is 0 Å². The summed E-state index contributed by atoms with van der Waals surface area (Å²) in [7, 11) is -3.25. The summed E-state index contributed by atoms with van der Waals surface area (Å²) in [6.45, 7) is 5.03. The zero-order valence-corrected chi connectivity index (χ0v) is 13.1. The molecule has 2 rings (SSSR count). The van der Waals surface area contributed by atoms with Crippen molar-refractivity contribution in [3.63, 3.8) is 0 Å². The molecule has 0 aromatic heterocycles. The lowest BCUT2D eigenvalue weighted by atomic mass is 10.1. The maximum atomic E-state index is 12.6. The molecule has 4 nitrogen and oxygen atoms in total. The highest BCUT2D eigenvalue weighted by atomic mass is 32.2. The van der Waals surface area contributed by atoms with Crippen molar-refractivity contribution in [2.75, 3.05) is 6.54 Å². The average Bonchev–Trinajstić information content (AvgIpc) is 3.20. The minimum atomic E-state index is -3.25. The van der Waals surface area contributed by atoms with Crippen LogP contribution in [0.25, 0.3) is 0 Å². The number of hydrogen-bond acceptors (Lipinski definition) is 3. The van der Waals surface area contributed by atoms with Crippen LogP contribution in [-0.4, -0.2) is 25.3 Å². The van der Waals surface area contributed by atoms with E-state index >= 15 is 0 Å². The molecular weight excluding hydrogens is 272 g/mol. The van der Waals surface area contributed by atoms with Gasteiger partial charge in [-0.25, -0.2) is 8.42 Å². The first-order valence-corrected chi connectivity index (χ1v) is 8.80. The summed E-state index contributed by atoms with van der Waals surface area (Å²) in [4.78, 5) is 0. The molecule has 0 heterocycles. The van der Waals surface area contributed by atoms with E-state index in [1.54, 1.807) is 4.31 Å². The zero-order valence-electron chi connectivity index (χ0n) is 12.2. The van der Waals surface area contributed by atoms with E-state index in [1.165, 1.54) is 0 Å². The Balaban J connectivity index is 2.10. The van der Waals surface area contributed by atoms with E-state index in [1.807, 2.05) is 38.1 Å². The van der Waals surface area contributed by atoms with E-state index in [-0.39, 0.29) is 11.8 Å². The lowest BCUT2D eigenvalue weighted by Gasteiger charge is -2.26. The van der Waals surface area contributed by atoms with Gasteiger partial charge in [-0.15, -0.1) is 0 Å². The zero-order chi connectivity index (χ0) is 14.8. The molecule has 1 fully saturated rings. The van der Waals surface area contributed by atoms with Gasteiger partial charge in [-0.05, 0) is 43.7 Å². The Kier molecular flexibility index (Phi) is 4.83. The second-order valence-electron chi connectivity index (χ2n) is 5.88. The van der Waals surface area contributed by atoms with E-state index < -0.39 is 10.0 Å². The van der Waals surface area contributed by atoms with Gasteiger partial charge in [0.2, 0.25) is 10.0 Å². The van der Waals surface area contributed by atoms with Crippen LogP contribution < -0.4 is 5.73 Å².